The van der Waals surface area contributed by atoms with E-state index in [9.17, 15) is 0 Å². The Morgan fingerprint density at radius 2 is 1.37 bits per heavy atom. The van der Waals surface area contributed by atoms with Crippen molar-refractivity contribution in [1.82, 2.24) is 18.9 Å². The number of nitrogens with zero attached hydrogens (tertiary/aromatic N) is 4. The van der Waals surface area contributed by atoms with E-state index in [2.05, 4.69) is 149 Å². The number of hydrogen-bond acceptors (Lipinski definition) is 3. The summed E-state index contributed by atoms with van der Waals surface area (Å²) in [6.45, 7) is 4.71. The van der Waals surface area contributed by atoms with Gasteiger partial charge in [-0.3, -0.25) is 4.98 Å². The molecule has 0 aliphatic heterocycles. The first-order valence-electron chi connectivity index (χ1n) is 18.0. The van der Waals surface area contributed by atoms with Crippen molar-refractivity contribution in [3.8, 4) is 17.2 Å². The minimum atomic E-state index is -0.188. The topological polar surface area (TPSA) is 44.4 Å². The molecule has 54 heavy (non-hydrogen) atoms. The number of aromatic nitrogens is 4. The molecule has 1 aliphatic carbocycles. The predicted octanol–water partition coefficient (Wildman–Crippen LogP) is 11.3. The van der Waals surface area contributed by atoms with Crippen LogP contribution in [0.3, 0.4) is 0 Å². The standard InChI is InChI=1S/C48H32N4O.Pt/c1-48(2)41-19-8-6-17-37(41)45(30-12-4-3-5-13-30)40-29-44-38(28-42(40)48)36-18-11-23-49-47(36)52(44)31-14-10-15-32(26-31)53-33-21-22-34-35-16-7-9-20-43(35)51-25-24-50-46(51)39(34)27-33;/h3-25,28-29,45H,1-2H3;/q-2;+2. The van der Waals surface area contributed by atoms with E-state index < -0.39 is 0 Å². The van der Waals surface area contributed by atoms with Crippen LogP contribution in [0.25, 0.3) is 54.9 Å². The number of para-hydroxylation sites is 1. The molecule has 0 saturated heterocycles. The normalized spacial score (nSPS) is 14.7. The molecule has 5 nitrogen and oxygen atoms in total. The SMILES string of the molecule is CC1(C)c2ccccc2C(c2ccccc2)c2cc3c(cc21)c1cccnc1n3-c1[c-]c(Oc2[c-]c3c(cc2)c2ccccc2n2ccnc32)ccc1.[Pt+2]. The maximum absolute atomic E-state index is 6.54. The molecule has 1 aliphatic rings. The van der Waals surface area contributed by atoms with Crippen LogP contribution in [0.15, 0.2) is 152 Å². The Morgan fingerprint density at radius 1 is 0.593 bits per heavy atom. The molecule has 6 heteroatoms. The first-order chi connectivity index (χ1) is 26.0. The van der Waals surface area contributed by atoms with Crippen molar-refractivity contribution in [2.45, 2.75) is 25.2 Å². The summed E-state index contributed by atoms with van der Waals surface area (Å²) in [5, 5.41) is 5.42. The van der Waals surface area contributed by atoms with Gasteiger partial charge >= 0.3 is 21.1 Å². The molecule has 10 aromatic rings. The van der Waals surface area contributed by atoms with Crippen molar-refractivity contribution in [3.63, 3.8) is 0 Å². The van der Waals surface area contributed by atoms with Gasteiger partial charge in [0, 0.05) is 57.7 Å². The molecule has 0 bridgehead atoms. The third kappa shape index (κ3) is 4.74. The minimum Gasteiger partial charge on any atom is -0.503 e. The summed E-state index contributed by atoms with van der Waals surface area (Å²) in [5.41, 5.74) is 11.3. The predicted molar refractivity (Wildman–Crippen MR) is 212 cm³/mol. The van der Waals surface area contributed by atoms with Gasteiger partial charge in [-0.25, -0.2) is 4.98 Å². The fourth-order valence-electron chi connectivity index (χ4n) is 8.84. The third-order valence-corrected chi connectivity index (χ3v) is 11.2. The Kier molecular flexibility index (Phi) is 7.40. The molecule has 0 N–H and O–H groups in total. The molecule has 6 aromatic carbocycles. The molecular weight excluding hydrogens is 844 g/mol. The molecule has 0 amide bonds. The fraction of sp³-hybridized carbons (Fsp3) is 0.0833. The zero-order valence-electron chi connectivity index (χ0n) is 29.5. The summed E-state index contributed by atoms with van der Waals surface area (Å²) < 4.78 is 10.9. The molecule has 11 rings (SSSR count). The molecule has 0 spiro atoms. The van der Waals surface area contributed by atoms with Crippen molar-refractivity contribution < 1.29 is 25.8 Å². The molecule has 1 atom stereocenters. The maximum Gasteiger partial charge on any atom is 2.00 e. The van der Waals surface area contributed by atoms with Gasteiger partial charge in [-0.1, -0.05) is 109 Å². The van der Waals surface area contributed by atoms with Crippen LogP contribution in [0, 0.1) is 12.1 Å². The van der Waals surface area contributed by atoms with Crippen LogP contribution in [0.2, 0.25) is 0 Å². The Bertz CT molecular complexity index is 3090. The average molecular weight is 876 g/mol. The molecule has 1 unspecified atom stereocenters. The molecule has 260 valence electrons. The van der Waals surface area contributed by atoms with Gasteiger partial charge in [0.05, 0.1) is 11.2 Å². The summed E-state index contributed by atoms with van der Waals surface area (Å²) in [6, 6.07) is 54.5. The number of rotatable bonds is 4. The van der Waals surface area contributed by atoms with E-state index in [0.29, 0.717) is 11.5 Å². The van der Waals surface area contributed by atoms with Crippen LogP contribution in [-0.4, -0.2) is 18.9 Å². The fourth-order valence-corrected chi connectivity index (χ4v) is 8.84. The van der Waals surface area contributed by atoms with Crippen molar-refractivity contribution in [2.75, 3.05) is 0 Å². The second-order valence-corrected chi connectivity index (χ2v) is 14.5. The van der Waals surface area contributed by atoms with Gasteiger partial charge in [-0.05, 0) is 63.5 Å². The summed E-state index contributed by atoms with van der Waals surface area (Å²) in [4.78, 5) is 9.64. The van der Waals surface area contributed by atoms with E-state index in [1.165, 1.54) is 33.2 Å². The van der Waals surface area contributed by atoms with Crippen LogP contribution in [0.1, 0.15) is 47.6 Å². The van der Waals surface area contributed by atoms with Crippen molar-refractivity contribution in [1.29, 1.82) is 0 Å². The Hall–Kier alpha value is -6.03. The van der Waals surface area contributed by atoms with Crippen LogP contribution in [-0.2, 0) is 26.5 Å². The van der Waals surface area contributed by atoms with E-state index in [1.807, 2.05) is 42.9 Å². The number of hydrogen-bond donors (Lipinski definition) is 0. The van der Waals surface area contributed by atoms with E-state index in [1.54, 1.807) is 0 Å². The van der Waals surface area contributed by atoms with E-state index >= 15 is 0 Å². The zero-order chi connectivity index (χ0) is 35.3. The third-order valence-electron chi connectivity index (χ3n) is 11.2. The van der Waals surface area contributed by atoms with Gasteiger partial charge in [-0.15, -0.1) is 30.3 Å². The molecule has 0 radical (unpaired) electrons. The molecule has 4 heterocycles. The summed E-state index contributed by atoms with van der Waals surface area (Å²) in [5.74, 6) is 1.30. The Morgan fingerprint density at radius 3 is 2.28 bits per heavy atom. The van der Waals surface area contributed by atoms with Gasteiger partial charge in [0.25, 0.3) is 0 Å². The zero-order valence-corrected chi connectivity index (χ0v) is 31.8. The quantitative estimate of drug-likeness (QED) is 0.131. The number of imidazole rings is 1. The van der Waals surface area contributed by atoms with E-state index in [-0.39, 0.29) is 32.4 Å². The van der Waals surface area contributed by atoms with Gasteiger partial charge < -0.3 is 13.7 Å². The van der Waals surface area contributed by atoms with Crippen LogP contribution >= 0.6 is 0 Å². The largest absolute Gasteiger partial charge is 2.00 e. The van der Waals surface area contributed by atoms with Crippen LogP contribution < -0.4 is 4.74 Å². The van der Waals surface area contributed by atoms with E-state index in [4.69, 9.17) is 9.72 Å². The first kappa shape index (κ1) is 32.6. The van der Waals surface area contributed by atoms with Crippen LogP contribution in [0.4, 0.5) is 0 Å². The average Bonchev–Trinajstić information content (AvgIpc) is 3.82. The molecule has 4 aromatic heterocycles. The number of ether oxygens (including phenoxy) is 1. The monoisotopic (exact) mass is 875 g/mol. The molecule has 0 saturated carbocycles. The van der Waals surface area contributed by atoms with Crippen molar-refractivity contribution in [3.05, 3.63) is 192 Å². The first-order valence-corrected chi connectivity index (χ1v) is 18.0. The van der Waals surface area contributed by atoms with Crippen LogP contribution in [0.5, 0.6) is 11.5 Å². The Balaban J connectivity index is 0.00000361. The Labute approximate surface area is 326 Å². The summed E-state index contributed by atoms with van der Waals surface area (Å²) in [7, 11) is 0. The smallest absolute Gasteiger partial charge is 0.503 e. The maximum atomic E-state index is 6.54. The van der Waals surface area contributed by atoms with Gasteiger partial charge in [0.2, 0.25) is 0 Å². The van der Waals surface area contributed by atoms with Gasteiger partial charge in [0.1, 0.15) is 5.65 Å². The van der Waals surface area contributed by atoms with E-state index in [0.717, 1.165) is 49.6 Å². The van der Waals surface area contributed by atoms with Gasteiger partial charge in [-0.2, -0.15) is 6.07 Å². The van der Waals surface area contributed by atoms with Gasteiger partial charge in [0.15, 0.2) is 0 Å². The number of benzene rings is 6. The summed E-state index contributed by atoms with van der Waals surface area (Å²) in [6.07, 6.45) is 5.70. The molecule has 0 fully saturated rings. The van der Waals surface area contributed by atoms with Crippen molar-refractivity contribution >= 4 is 49.3 Å². The second kappa shape index (κ2) is 12.3. The van der Waals surface area contributed by atoms with Crippen molar-refractivity contribution in [2.24, 2.45) is 0 Å². The minimum absolute atomic E-state index is 0. The number of pyridine rings is 2. The summed E-state index contributed by atoms with van der Waals surface area (Å²) >= 11 is 0. The second-order valence-electron chi connectivity index (χ2n) is 14.5. The molecular formula is C48H32N4OPt. The number of fused-ring (bicyclic) bond motifs is 11.